The van der Waals surface area contributed by atoms with Crippen LogP contribution in [0.2, 0.25) is 0 Å². The van der Waals surface area contributed by atoms with Gasteiger partial charge in [0, 0.05) is 0 Å². The molecule has 0 bridgehead atoms. The number of ether oxygens (including phenoxy) is 2. The van der Waals surface area contributed by atoms with Gasteiger partial charge in [-0.1, -0.05) is 29.8 Å². The van der Waals surface area contributed by atoms with Gasteiger partial charge in [0.15, 0.2) is 11.5 Å². The van der Waals surface area contributed by atoms with E-state index in [0.29, 0.717) is 0 Å². The SMILES string of the molecule is COc1ccc(CC(Cl)c2ccc(C)cc2C)cc1OC. The average molecular weight is 305 g/mol. The monoisotopic (exact) mass is 304 g/mol. The van der Waals surface area contributed by atoms with Crippen molar-refractivity contribution in [1.29, 1.82) is 0 Å². The summed E-state index contributed by atoms with van der Waals surface area (Å²) in [4.78, 5) is 0. The van der Waals surface area contributed by atoms with Crippen molar-refractivity contribution >= 4 is 11.6 Å². The van der Waals surface area contributed by atoms with Gasteiger partial charge in [-0.2, -0.15) is 0 Å². The molecule has 2 nitrogen and oxygen atoms in total. The van der Waals surface area contributed by atoms with E-state index in [0.717, 1.165) is 23.5 Å². The molecular formula is C18H21ClO2. The van der Waals surface area contributed by atoms with Gasteiger partial charge in [0.05, 0.1) is 19.6 Å². The second-order valence-corrected chi connectivity index (χ2v) is 5.75. The molecule has 0 radical (unpaired) electrons. The molecule has 0 saturated heterocycles. The van der Waals surface area contributed by atoms with Crippen LogP contribution >= 0.6 is 11.6 Å². The minimum absolute atomic E-state index is 0.0521. The molecule has 0 fully saturated rings. The third kappa shape index (κ3) is 3.70. The van der Waals surface area contributed by atoms with Gasteiger partial charge >= 0.3 is 0 Å². The molecule has 0 aliphatic heterocycles. The van der Waals surface area contributed by atoms with Crippen LogP contribution in [0.3, 0.4) is 0 Å². The number of aryl methyl sites for hydroxylation is 2. The molecule has 1 unspecified atom stereocenters. The average Bonchev–Trinajstić information content (AvgIpc) is 2.46. The first-order valence-corrected chi connectivity index (χ1v) is 7.41. The largest absolute Gasteiger partial charge is 0.493 e. The number of hydrogen-bond acceptors (Lipinski definition) is 2. The van der Waals surface area contributed by atoms with Gasteiger partial charge in [0.1, 0.15) is 0 Å². The second-order valence-electron chi connectivity index (χ2n) is 5.22. The number of halogens is 1. The van der Waals surface area contributed by atoms with E-state index >= 15 is 0 Å². The van der Waals surface area contributed by atoms with E-state index < -0.39 is 0 Å². The summed E-state index contributed by atoms with van der Waals surface area (Å²) >= 11 is 6.60. The fraction of sp³-hybridized carbons (Fsp3) is 0.333. The van der Waals surface area contributed by atoms with Crippen molar-refractivity contribution in [3.63, 3.8) is 0 Å². The van der Waals surface area contributed by atoms with Crippen molar-refractivity contribution in [2.75, 3.05) is 14.2 Å². The quantitative estimate of drug-likeness (QED) is 0.736. The Balaban J connectivity index is 2.21. The summed E-state index contributed by atoms with van der Waals surface area (Å²) in [5.74, 6) is 1.47. The van der Waals surface area contributed by atoms with E-state index in [9.17, 15) is 0 Å². The third-order valence-electron chi connectivity index (χ3n) is 3.63. The first-order chi connectivity index (χ1) is 10.0. The lowest BCUT2D eigenvalue weighted by Gasteiger charge is -2.15. The van der Waals surface area contributed by atoms with E-state index in [1.807, 2.05) is 18.2 Å². The van der Waals surface area contributed by atoms with Gasteiger partial charge in [-0.25, -0.2) is 0 Å². The van der Waals surface area contributed by atoms with Crippen molar-refractivity contribution in [2.24, 2.45) is 0 Å². The first kappa shape index (κ1) is 15.7. The van der Waals surface area contributed by atoms with Crippen molar-refractivity contribution in [1.82, 2.24) is 0 Å². The molecule has 21 heavy (non-hydrogen) atoms. The Labute approximate surface area is 131 Å². The molecule has 1 atom stereocenters. The van der Waals surface area contributed by atoms with Crippen LogP contribution in [-0.4, -0.2) is 14.2 Å². The van der Waals surface area contributed by atoms with Crippen molar-refractivity contribution in [2.45, 2.75) is 25.6 Å². The molecule has 0 heterocycles. The number of methoxy groups -OCH3 is 2. The molecule has 112 valence electrons. The molecule has 2 aromatic rings. The van der Waals surface area contributed by atoms with Crippen LogP contribution in [0.1, 0.15) is 27.6 Å². The van der Waals surface area contributed by atoms with Crippen LogP contribution in [0.5, 0.6) is 11.5 Å². The Morgan fingerprint density at radius 1 is 0.952 bits per heavy atom. The number of hydrogen-bond donors (Lipinski definition) is 0. The molecule has 0 aromatic heterocycles. The Bertz CT molecular complexity index is 623. The number of rotatable bonds is 5. The molecule has 0 amide bonds. The van der Waals surface area contributed by atoms with Crippen molar-refractivity contribution in [3.8, 4) is 11.5 Å². The molecule has 0 aliphatic carbocycles. The highest BCUT2D eigenvalue weighted by Gasteiger charge is 2.13. The summed E-state index contributed by atoms with van der Waals surface area (Å²) in [6, 6.07) is 12.3. The maximum Gasteiger partial charge on any atom is 0.160 e. The zero-order valence-corrected chi connectivity index (χ0v) is 13.7. The first-order valence-electron chi connectivity index (χ1n) is 6.97. The fourth-order valence-corrected chi connectivity index (χ4v) is 2.92. The smallest absolute Gasteiger partial charge is 0.160 e. The predicted octanol–water partition coefficient (Wildman–Crippen LogP) is 4.84. The van der Waals surface area contributed by atoms with Crippen LogP contribution in [0.4, 0.5) is 0 Å². The summed E-state index contributed by atoms with van der Waals surface area (Å²) in [5.41, 5.74) is 4.80. The summed E-state index contributed by atoms with van der Waals surface area (Å²) in [5, 5.41) is -0.0521. The minimum Gasteiger partial charge on any atom is -0.493 e. The molecule has 0 spiro atoms. The molecule has 3 heteroatoms. The summed E-state index contributed by atoms with van der Waals surface area (Å²) in [6.07, 6.45) is 0.756. The Morgan fingerprint density at radius 2 is 1.67 bits per heavy atom. The highest BCUT2D eigenvalue weighted by Crippen LogP contribution is 2.32. The zero-order chi connectivity index (χ0) is 15.4. The maximum atomic E-state index is 6.60. The standard InChI is InChI=1S/C18H21ClO2/c1-12-5-7-15(13(2)9-12)16(19)10-14-6-8-17(20-3)18(11-14)21-4/h5-9,11,16H,10H2,1-4H3. The van der Waals surface area contributed by atoms with Gasteiger partial charge in [0.25, 0.3) is 0 Å². The number of benzene rings is 2. The Kier molecular flexibility index (Phi) is 5.13. The second kappa shape index (κ2) is 6.86. The fourth-order valence-electron chi connectivity index (χ4n) is 2.50. The van der Waals surface area contributed by atoms with E-state index in [1.165, 1.54) is 16.7 Å². The minimum atomic E-state index is -0.0521. The highest BCUT2D eigenvalue weighted by molar-refractivity contribution is 6.21. The normalized spacial score (nSPS) is 12.0. The highest BCUT2D eigenvalue weighted by atomic mass is 35.5. The van der Waals surface area contributed by atoms with Gasteiger partial charge in [-0.3, -0.25) is 0 Å². The summed E-state index contributed by atoms with van der Waals surface area (Å²) < 4.78 is 10.6. The van der Waals surface area contributed by atoms with E-state index in [-0.39, 0.29) is 5.38 Å². The lowest BCUT2D eigenvalue weighted by atomic mass is 9.98. The molecule has 0 aliphatic rings. The number of alkyl halides is 1. The van der Waals surface area contributed by atoms with Crippen LogP contribution in [0.15, 0.2) is 36.4 Å². The van der Waals surface area contributed by atoms with E-state index in [1.54, 1.807) is 14.2 Å². The Hall–Kier alpha value is -1.67. The van der Waals surface area contributed by atoms with Crippen LogP contribution < -0.4 is 9.47 Å². The Morgan fingerprint density at radius 3 is 2.29 bits per heavy atom. The lowest BCUT2D eigenvalue weighted by molar-refractivity contribution is 0.354. The van der Waals surface area contributed by atoms with E-state index in [4.69, 9.17) is 21.1 Å². The van der Waals surface area contributed by atoms with Crippen LogP contribution in [0, 0.1) is 13.8 Å². The van der Waals surface area contributed by atoms with Crippen molar-refractivity contribution in [3.05, 3.63) is 58.7 Å². The zero-order valence-electron chi connectivity index (χ0n) is 12.9. The lowest BCUT2D eigenvalue weighted by Crippen LogP contribution is -2.00. The van der Waals surface area contributed by atoms with Gasteiger partial charge in [-0.05, 0) is 49.1 Å². The van der Waals surface area contributed by atoms with Gasteiger partial charge in [0.2, 0.25) is 0 Å². The van der Waals surface area contributed by atoms with Crippen LogP contribution in [0.25, 0.3) is 0 Å². The van der Waals surface area contributed by atoms with Crippen molar-refractivity contribution < 1.29 is 9.47 Å². The van der Waals surface area contributed by atoms with E-state index in [2.05, 4.69) is 32.0 Å². The molecule has 0 N–H and O–H groups in total. The summed E-state index contributed by atoms with van der Waals surface area (Å²) in [7, 11) is 3.28. The molecular weight excluding hydrogens is 284 g/mol. The predicted molar refractivity (Wildman–Crippen MR) is 87.8 cm³/mol. The van der Waals surface area contributed by atoms with Gasteiger partial charge < -0.3 is 9.47 Å². The third-order valence-corrected chi connectivity index (χ3v) is 4.02. The summed E-state index contributed by atoms with van der Waals surface area (Å²) in [6.45, 7) is 4.20. The van der Waals surface area contributed by atoms with Crippen LogP contribution in [-0.2, 0) is 6.42 Å². The van der Waals surface area contributed by atoms with Gasteiger partial charge in [-0.15, -0.1) is 11.6 Å². The molecule has 2 aromatic carbocycles. The topological polar surface area (TPSA) is 18.5 Å². The molecule has 0 saturated carbocycles. The molecule has 2 rings (SSSR count). The maximum absolute atomic E-state index is 6.60.